The molecule has 0 saturated heterocycles. The average molecular weight is 348 g/mol. The van der Waals surface area contributed by atoms with Crippen molar-refractivity contribution < 1.29 is 4.39 Å². The molecule has 0 unspecified atom stereocenters. The molecular weight excluding hydrogens is 331 g/mol. The van der Waals surface area contributed by atoms with Crippen LogP contribution in [0.3, 0.4) is 0 Å². The van der Waals surface area contributed by atoms with Gasteiger partial charge in [0.25, 0.3) is 0 Å². The second-order valence-electron chi connectivity index (χ2n) is 5.92. The van der Waals surface area contributed by atoms with E-state index >= 15 is 0 Å². The van der Waals surface area contributed by atoms with Gasteiger partial charge in [0.05, 0.1) is 5.52 Å². The van der Waals surface area contributed by atoms with Gasteiger partial charge < -0.3 is 10.6 Å². The zero-order valence-electron chi connectivity index (χ0n) is 14.1. The quantitative estimate of drug-likeness (QED) is 0.505. The lowest BCUT2D eigenvalue weighted by atomic mass is 10.2. The van der Waals surface area contributed by atoms with Crippen LogP contribution in [-0.2, 0) is 6.54 Å². The number of H-pyrrole nitrogens is 1. The van der Waals surface area contributed by atoms with Crippen LogP contribution < -0.4 is 10.6 Å². The summed E-state index contributed by atoms with van der Waals surface area (Å²) in [6.07, 6.45) is 0. The lowest BCUT2D eigenvalue weighted by molar-refractivity contribution is 0.612. The van der Waals surface area contributed by atoms with E-state index in [0.717, 1.165) is 16.6 Å². The molecule has 0 radical (unpaired) electrons. The van der Waals surface area contributed by atoms with Gasteiger partial charge in [-0.25, -0.2) is 9.37 Å². The largest absolute Gasteiger partial charge is 0.350 e. The molecule has 3 N–H and O–H groups in total. The molecule has 4 rings (SSSR count). The highest BCUT2D eigenvalue weighted by molar-refractivity contribution is 5.91. The van der Waals surface area contributed by atoms with Crippen molar-refractivity contribution in [1.29, 1.82) is 0 Å². The molecule has 130 valence electrons. The maximum Gasteiger partial charge on any atom is 0.225 e. The molecule has 0 aliphatic heterocycles. The van der Waals surface area contributed by atoms with Crippen LogP contribution in [0.2, 0.25) is 0 Å². The molecule has 6 nitrogen and oxygen atoms in total. The standard InChI is InChI=1S/C19H17FN6/c1-12-10-17(26-25-12)23-18-14-7-3-5-9-16(14)22-19(24-18)21-11-13-6-2-4-8-15(13)20/h2-10H,11H2,1H3,(H3,21,22,23,24,25,26). The zero-order valence-corrected chi connectivity index (χ0v) is 14.1. The number of hydrogen-bond acceptors (Lipinski definition) is 5. The van der Waals surface area contributed by atoms with Crippen LogP contribution in [0.15, 0.2) is 54.6 Å². The van der Waals surface area contributed by atoms with Gasteiger partial charge in [0.1, 0.15) is 11.6 Å². The number of halogens is 1. The number of nitrogens with zero attached hydrogens (tertiary/aromatic N) is 3. The highest BCUT2D eigenvalue weighted by atomic mass is 19.1. The Hall–Kier alpha value is -3.48. The van der Waals surface area contributed by atoms with Gasteiger partial charge in [0, 0.05) is 29.3 Å². The summed E-state index contributed by atoms with van der Waals surface area (Å²) in [6, 6.07) is 16.2. The third kappa shape index (κ3) is 3.32. The second kappa shape index (κ2) is 6.79. The van der Waals surface area contributed by atoms with Crippen molar-refractivity contribution >= 4 is 28.5 Å². The molecule has 4 aromatic rings. The number of aromatic amines is 1. The summed E-state index contributed by atoms with van der Waals surface area (Å²) in [4.78, 5) is 9.06. The monoisotopic (exact) mass is 348 g/mol. The second-order valence-corrected chi connectivity index (χ2v) is 5.92. The Balaban J connectivity index is 1.66. The molecule has 7 heteroatoms. The number of aryl methyl sites for hydroxylation is 1. The smallest absolute Gasteiger partial charge is 0.225 e. The van der Waals surface area contributed by atoms with Gasteiger partial charge in [0.15, 0.2) is 5.82 Å². The molecule has 0 fully saturated rings. The average Bonchev–Trinajstić information content (AvgIpc) is 3.06. The van der Waals surface area contributed by atoms with E-state index in [0.29, 0.717) is 29.7 Å². The lowest BCUT2D eigenvalue weighted by Crippen LogP contribution is -2.07. The summed E-state index contributed by atoms with van der Waals surface area (Å²) < 4.78 is 13.8. The van der Waals surface area contributed by atoms with Gasteiger partial charge in [-0.3, -0.25) is 5.10 Å². The molecule has 0 aliphatic carbocycles. The minimum Gasteiger partial charge on any atom is -0.350 e. The van der Waals surface area contributed by atoms with Crippen molar-refractivity contribution in [2.45, 2.75) is 13.5 Å². The van der Waals surface area contributed by atoms with E-state index < -0.39 is 0 Å². The highest BCUT2D eigenvalue weighted by Crippen LogP contribution is 2.25. The van der Waals surface area contributed by atoms with Crippen molar-refractivity contribution in [2.75, 3.05) is 10.6 Å². The number of hydrogen-bond donors (Lipinski definition) is 3. The van der Waals surface area contributed by atoms with E-state index in [4.69, 9.17) is 0 Å². The van der Waals surface area contributed by atoms with Crippen LogP contribution >= 0.6 is 0 Å². The normalized spacial score (nSPS) is 10.8. The van der Waals surface area contributed by atoms with E-state index in [9.17, 15) is 4.39 Å². The lowest BCUT2D eigenvalue weighted by Gasteiger charge is -2.11. The van der Waals surface area contributed by atoms with Gasteiger partial charge in [-0.05, 0) is 25.1 Å². The molecule has 26 heavy (non-hydrogen) atoms. The van der Waals surface area contributed by atoms with Crippen LogP contribution in [-0.4, -0.2) is 20.2 Å². The maximum absolute atomic E-state index is 13.8. The van der Waals surface area contributed by atoms with Crippen LogP contribution in [0.4, 0.5) is 22.0 Å². The molecular formula is C19H17FN6. The SMILES string of the molecule is Cc1cc(Nc2nc(NCc3ccccc3F)nc3ccccc23)n[nH]1. The van der Waals surface area contributed by atoms with Crippen molar-refractivity contribution in [2.24, 2.45) is 0 Å². The summed E-state index contributed by atoms with van der Waals surface area (Å²) in [5.41, 5.74) is 2.29. The molecule has 2 aromatic carbocycles. The molecule has 0 bridgehead atoms. The Morgan fingerprint density at radius 2 is 1.85 bits per heavy atom. The van der Waals surface area contributed by atoms with Crippen molar-refractivity contribution in [3.8, 4) is 0 Å². The first-order valence-corrected chi connectivity index (χ1v) is 8.22. The molecule has 2 heterocycles. The Morgan fingerprint density at radius 3 is 2.65 bits per heavy atom. The molecule has 0 saturated carbocycles. The van der Waals surface area contributed by atoms with Crippen LogP contribution in [0, 0.1) is 12.7 Å². The van der Waals surface area contributed by atoms with E-state index in [1.165, 1.54) is 6.07 Å². The third-order valence-electron chi connectivity index (χ3n) is 3.95. The number of aromatic nitrogens is 4. The molecule has 2 aromatic heterocycles. The highest BCUT2D eigenvalue weighted by Gasteiger charge is 2.10. The van der Waals surface area contributed by atoms with Gasteiger partial charge in [-0.2, -0.15) is 10.1 Å². The van der Waals surface area contributed by atoms with Crippen LogP contribution in [0.5, 0.6) is 0 Å². The number of anilines is 3. The molecule has 0 atom stereocenters. The fourth-order valence-electron chi connectivity index (χ4n) is 2.67. The summed E-state index contributed by atoms with van der Waals surface area (Å²) in [5, 5.41) is 14.3. The predicted octanol–water partition coefficient (Wildman–Crippen LogP) is 4.16. The van der Waals surface area contributed by atoms with Crippen molar-refractivity contribution in [3.63, 3.8) is 0 Å². The number of benzene rings is 2. The number of nitrogens with one attached hydrogen (secondary N) is 3. The third-order valence-corrected chi connectivity index (χ3v) is 3.95. The van der Waals surface area contributed by atoms with Crippen molar-refractivity contribution in [3.05, 3.63) is 71.7 Å². The fourth-order valence-corrected chi connectivity index (χ4v) is 2.67. The Labute approximate surface area is 149 Å². The van der Waals surface area contributed by atoms with Gasteiger partial charge in [-0.15, -0.1) is 0 Å². The van der Waals surface area contributed by atoms with E-state index in [-0.39, 0.29) is 5.82 Å². The first kappa shape index (κ1) is 16.0. The van der Waals surface area contributed by atoms with Gasteiger partial charge in [-0.1, -0.05) is 30.3 Å². The summed E-state index contributed by atoms with van der Waals surface area (Å²) in [6.45, 7) is 2.23. The topological polar surface area (TPSA) is 78.5 Å². The van der Waals surface area contributed by atoms with Gasteiger partial charge in [0.2, 0.25) is 5.95 Å². The number of rotatable bonds is 5. The zero-order chi connectivity index (χ0) is 17.9. The predicted molar refractivity (Wildman–Crippen MR) is 99.9 cm³/mol. The minimum absolute atomic E-state index is 0.258. The summed E-state index contributed by atoms with van der Waals surface area (Å²) in [7, 11) is 0. The maximum atomic E-state index is 13.8. The summed E-state index contributed by atoms with van der Waals surface area (Å²) >= 11 is 0. The van der Waals surface area contributed by atoms with Crippen LogP contribution in [0.25, 0.3) is 10.9 Å². The first-order chi connectivity index (χ1) is 12.7. The number of para-hydroxylation sites is 1. The molecule has 0 aliphatic rings. The molecule has 0 amide bonds. The molecule has 0 spiro atoms. The van der Waals surface area contributed by atoms with Gasteiger partial charge >= 0.3 is 0 Å². The van der Waals surface area contributed by atoms with Crippen molar-refractivity contribution in [1.82, 2.24) is 20.2 Å². The first-order valence-electron chi connectivity index (χ1n) is 8.22. The van der Waals surface area contributed by atoms with Crippen LogP contribution in [0.1, 0.15) is 11.3 Å². The van der Waals surface area contributed by atoms with E-state index in [2.05, 4.69) is 30.8 Å². The Kier molecular flexibility index (Phi) is 4.18. The number of fused-ring (bicyclic) bond motifs is 1. The Morgan fingerprint density at radius 1 is 1.04 bits per heavy atom. The minimum atomic E-state index is -0.258. The Bertz CT molecular complexity index is 1060. The van der Waals surface area contributed by atoms with E-state index in [1.54, 1.807) is 18.2 Å². The van der Waals surface area contributed by atoms with E-state index in [1.807, 2.05) is 37.3 Å². The summed E-state index contributed by atoms with van der Waals surface area (Å²) in [5.74, 6) is 1.47. The fraction of sp³-hybridized carbons (Fsp3) is 0.105.